The minimum absolute atomic E-state index is 0.169. The van der Waals surface area contributed by atoms with Gasteiger partial charge in [-0.3, -0.25) is 15.2 Å². The zero-order valence-corrected chi connectivity index (χ0v) is 11.0. The van der Waals surface area contributed by atoms with Gasteiger partial charge in [0, 0.05) is 18.0 Å². The molecule has 96 valence electrons. The Morgan fingerprint density at radius 3 is 2.83 bits per heavy atom. The highest BCUT2D eigenvalue weighted by atomic mass is 32.2. The lowest BCUT2D eigenvalue weighted by molar-refractivity contribution is -0.153. The van der Waals surface area contributed by atoms with Gasteiger partial charge in [-0.05, 0) is 26.0 Å². The molecule has 6 heteroatoms. The molecule has 0 saturated carbocycles. The predicted molar refractivity (Wildman–Crippen MR) is 69.8 cm³/mol. The maximum Gasteiger partial charge on any atom is 0.375 e. The molecular formula is C12H14N2O3S. The van der Waals surface area contributed by atoms with Gasteiger partial charge in [0.15, 0.2) is 0 Å². The summed E-state index contributed by atoms with van der Waals surface area (Å²) in [5, 5.41) is 7.38. The SMILES string of the molecule is CCOC(=O)C(=O)[C@H](C)SC(=N)c1cccnc1. The van der Waals surface area contributed by atoms with Gasteiger partial charge in [0.2, 0.25) is 0 Å². The fourth-order valence-corrected chi connectivity index (χ4v) is 1.98. The summed E-state index contributed by atoms with van der Waals surface area (Å²) in [7, 11) is 0. The second-order valence-corrected chi connectivity index (χ2v) is 4.77. The molecule has 1 aromatic rings. The molecule has 1 aromatic heterocycles. The van der Waals surface area contributed by atoms with Gasteiger partial charge in [-0.15, -0.1) is 0 Å². The van der Waals surface area contributed by atoms with Gasteiger partial charge < -0.3 is 4.74 Å². The number of Topliss-reactive ketones (excluding diaryl/α,β-unsaturated/α-hetero) is 1. The predicted octanol–water partition coefficient (Wildman–Crippen LogP) is 1.66. The Labute approximate surface area is 109 Å². The molecule has 18 heavy (non-hydrogen) atoms. The number of hydrogen-bond acceptors (Lipinski definition) is 6. The van der Waals surface area contributed by atoms with E-state index in [9.17, 15) is 9.59 Å². The van der Waals surface area contributed by atoms with Crippen molar-refractivity contribution in [3.63, 3.8) is 0 Å². The number of ether oxygens (including phenoxy) is 1. The number of nitrogens with one attached hydrogen (secondary N) is 1. The van der Waals surface area contributed by atoms with Crippen LogP contribution in [-0.4, -0.2) is 33.6 Å². The number of esters is 1. The van der Waals surface area contributed by atoms with Crippen molar-refractivity contribution in [1.82, 2.24) is 4.98 Å². The fraction of sp³-hybridized carbons (Fsp3) is 0.333. The summed E-state index contributed by atoms with van der Waals surface area (Å²) in [6, 6.07) is 3.44. The van der Waals surface area contributed by atoms with Crippen molar-refractivity contribution in [3.8, 4) is 0 Å². The number of pyridine rings is 1. The third-order valence-electron chi connectivity index (χ3n) is 2.06. The molecule has 1 atom stereocenters. The number of carbonyl (C=O) groups is 2. The maximum absolute atomic E-state index is 11.6. The number of nitrogens with zero attached hydrogens (tertiary/aromatic N) is 1. The first kappa shape index (κ1) is 14.4. The van der Waals surface area contributed by atoms with Crippen LogP contribution >= 0.6 is 11.8 Å². The molecule has 0 bridgehead atoms. The monoisotopic (exact) mass is 266 g/mol. The molecule has 1 rings (SSSR count). The van der Waals surface area contributed by atoms with E-state index in [0.717, 1.165) is 11.8 Å². The minimum Gasteiger partial charge on any atom is -0.460 e. The normalized spacial score (nSPS) is 11.7. The summed E-state index contributed by atoms with van der Waals surface area (Å²) in [4.78, 5) is 26.7. The molecule has 0 amide bonds. The molecule has 0 saturated heterocycles. The van der Waals surface area contributed by atoms with Crippen molar-refractivity contribution in [1.29, 1.82) is 5.41 Å². The first-order chi connectivity index (χ1) is 8.56. The van der Waals surface area contributed by atoms with E-state index in [2.05, 4.69) is 9.72 Å². The second-order valence-electron chi connectivity index (χ2n) is 3.42. The molecule has 5 nitrogen and oxygen atoms in total. The van der Waals surface area contributed by atoms with Crippen LogP contribution in [0.5, 0.6) is 0 Å². The lowest BCUT2D eigenvalue weighted by Crippen LogP contribution is -2.26. The Hall–Kier alpha value is -1.69. The number of thioether (sulfide) groups is 1. The Morgan fingerprint density at radius 2 is 2.28 bits per heavy atom. The van der Waals surface area contributed by atoms with Gasteiger partial charge in [0.1, 0.15) is 0 Å². The number of hydrogen-bond donors (Lipinski definition) is 1. The van der Waals surface area contributed by atoms with Crippen LogP contribution in [0.4, 0.5) is 0 Å². The van der Waals surface area contributed by atoms with Crippen LogP contribution in [0.25, 0.3) is 0 Å². The van der Waals surface area contributed by atoms with Crippen LogP contribution in [0.1, 0.15) is 19.4 Å². The Balaban J connectivity index is 2.60. The highest BCUT2D eigenvalue weighted by Crippen LogP contribution is 2.18. The average molecular weight is 266 g/mol. The molecule has 0 unspecified atom stereocenters. The molecule has 0 aliphatic carbocycles. The van der Waals surface area contributed by atoms with E-state index in [1.54, 1.807) is 32.2 Å². The van der Waals surface area contributed by atoms with Gasteiger partial charge in [-0.1, -0.05) is 11.8 Å². The van der Waals surface area contributed by atoms with E-state index in [1.165, 1.54) is 6.20 Å². The summed E-state index contributed by atoms with van der Waals surface area (Å²) in [5.41, 5.74) is 0.617. The van der Waals surface area contributed by atoms with E-state index in [4.69, 9.17) is 5.41 Å². The summed E-state index contributed by atoms with van der Waals surface area (Å²) in [6.07, 6.45) is 3.14. The zero-order chi connectivity index (χ0) is 13.5. The van der Waals surface area contributed by atoms with Crippen LogP contribution < -0.4 is 0 Å². The third kappa shape index (κ3) is 3.96. The molecule has 0 aromatic carbocycles. The Kier molecular flexibility index (Phi) is 5.51. The first-order valence-electron chi connectivity index (χ1n) is 5.42. The molecule has 0 radical (unpaired) electrons. The van der Waals surface area contributed by atoms with Gasteiger partial charge in [-0.25, -0.2) is 4.79 Å². The lowest BCUT2D eigenvalue weighted by Gasteiger charge is -2.09. The van der Waals surface area contributed by atoms with Crippen molar-refractivity contribution in [2.45, 2.75) is 19.1 Å². The molecular weight excluding hydrogens is 252 g/mol. The van der Waals surface area contributed by atoms with Crippen molar-refractivity contribution in [3.05, 3.63) is 30.1 Å². The largest absolute Gasteiger partial charge is 0.460 e. The van der Waals surface area contributed by atoms with E-state index in [1.807, 2.05) is 0 Å². The zero-order valence-electron chi connectivity index (χ0n) is 10.2. The molecule has 0 aliphatic heterocycles. The van der Waals surface area contributed by atoms with Crippen molar-refractivity contribution in [2.24, 2.45) is 0 Å². The number of carbonyl (C=O) groups excluding carboxylic acids is 2. The molecule has 0 spiro atoms. The standard InChI is InChI=1S/C12H14N2O3S/c1-3-17-12(16)10(15)8(2)18-11(13)9-5-4-6-14-7-9/h4-8,13H,3H2,1-2H3/t8-/m0/s1. The third-order valence-corrected chi connectivity index (χ3v) is 3.10. The van der Waals surface area contributed by atoms with Crippen molar-refractivity contribution >= 4 is 28.6 Å². The van der Waals surface area contributed by atoms with Gasteiger partial charge in [0.05, 0.1) is 16.9 Å². The summed E-state index contributed by atoms with van der Waals surface area (Å²) < 4.78 is 4.63. The maximum atomic E-state index is 11.6. The quantitative estimate of drug-likeness (QED) is 0.379. The fourth-order valence-electron chi connectivity index (χ4n) is 1.16. The lowest BCUT2D eigenvalue weighted by atomic mass is 10.3. The van der Waals surface area contributed by atoms with Crippen LogP contribution in [0.3, 0.4) is 0 Å². The van der Waals surface area contributed by atoms with E-state index >= 15 is 0 Å². The smallest absolute Gasteiger partial charge is 0.375 e. The van der Waals surface area contributed by atoms with Gasteiger partial charge in [-0.2, -0.15) is 0 Å². The minimum atomic E-state index is -0.850. The topological polar surface area (TPSA) is 80.1 Å². The first-order valence-corrected chi connectivity index (χ1v) is 6.30. The van der Waals surface area contributed by atoms with Crippen LogP contribution in [0, 0.1) is 5.41 Å². The average Bonchev–Trinajstić information content (AvgIpc) is 2.39. The Bertz CT molecular complexity index is 448. The van der Waals surface area contributed by atoms with Crippen LogP contribution in [0.15, 0.2) is 24.5 Å². The molecule has 0 aliphatic rings. The van der Waals surface area contributed by atoms with Crippen molar-refractivity contribution < 1.29 is 14.3 Å². The highest BCUT2D eigenvalue weighted by Gasteiger charge is 2.24. The van der Waals surface area contributed by atoms with Crippen molar-refractivity contribution in [2.75, 3.05) is 6.61 Å². The number of rotatable bonds is 5. The number of ketones is 1. The summed E-state index contributed by atoms with van der Waals surface area (Å²) in [6.45, 7) is 3.39. The van der Waals surface area contributed by atoms with Gasteiger partial charge >= 0.3 is 5.97 Å². The Morgan fingerprint density at radius 1 is 1.56 bits per heavy atom. The summed E-state index contributed by atoms with van der Waals surface area (Å²) in [5.74, 6) is -1.48. The van der Waals surface area contributed by atoms with Gasteiger partial charge in [0.25, 0.3) is 5.78 Å². The van der Waals surface area contributed by atoms with E-state index in [-0.39, 0.29) is 11.7 Å². The molecule has 0 fully saturated rings. The molecule has 1 heterocycles. The van der Waals surface area contributed by atoms with Crippen LogP contribution in [-0.2, 0) is 14.3 Å². The molecule has 1 N–H and O–H groups in total. The van der Waals surface area contributed by atoms with E-state index < -0.39 is 17.0 Å². The van der Waals surface area contributed by atoms with E-state index in [0.29, 0.717) is 5.56 Å². The van der Waals surface area contributed by atoms with Crippen LogP contribution in [0.2, 0.25) is 0 Å². The number of aromatic nitrogens is 1. The summed E-state index contributed by atoms with van der Waals surface area (Å²) >= 11 is 1.01. The second kappa shape index (κ2) is 6.90. The highest BCUT2D eigenvalue weighted by molar-refractivity contribution is 8.15.